The first-order valence-electron chi connectivity index (χ1n) is 15.6. The largest absolute Gasteiger partial charge is 0.481 e. The number of anilines is 1. The molecule has 0 saturated carbocycles. The number of carbonyl (C=O) groups excluding carboxylic acids is 1. The van der Waals surface area contributed by atoms with Gasteiger partial charge in [0.25, 0.3) is 11.5 Å². The smallest absolute Gasteiger partial charge is 0.303 e. The van der Waals surface area contributed by atoms with Gasteiger partial charge in [-0.1, -0.05) is 75.8 Å². The standard InChI is InChI=1S/C32H46N4O5S2/c1-5-6-16-35-29(34-20-22(2)41-23(3)21-34)25(24(4)26(19-33)30(35)39)18-27-31(40)36(32(42)43-27)17-14-12-10-8-7-9-11-13-15-28(37)38/h18,22-23H,5-17,20-21H2,1-4H3,(H,37,38). The Kier molecular flexibility index (Phi) is 13.7. The zero-order valence-corrected chi connectivity index (χ0v) is 27.7. The van der Waals surface area contributed by atoms with Crippen molar-refractivity contribution in [1.82, 2.24) is 9.47 Å². The molecule has 3 rings (SSSR count). The molecule has 9 nitrogen and oxygen atoms in total. The minimum atomic E-state index is -0.731. The summed E-state index contributed by atoms with van der Waals surface area (Å²) >= 11 is 6.89. The van der Waals surface area contributed by atoms with Gasteiger partial charge in [-0.25, -0.2) is 0 Å². The zero-order chi connectivity index (χ0) is 31.5. The van der Waals surface area contributed by atoms with E-state index in [9.17, 15) is 19.6 Å². The number of hydrogen-bond donors (Lipinski definition) is 1. The highest BCUT2D eigenvalue weighted by molar-refractivity contribution is 8.26. The molecule has 1 aromatic rings. The summed E-state index contributed by atoms with van der Waals surface area (Å²) in [6.07, 6.45) is 11.6. The number of aliphatic carboxylic acids is 1. The number of amides is 1. The van der Waals surface area contributed by atoms with Crippen LogP contribution in [0.3, 0.4) is 0 Å². The van der Waals surface area contributed by atoms with E-state index in [1.165, 1.54) is 11.8 Å². The van der Waals surface area contributed by atoms with Crippen LogP contribution in [0.5, 0.6) is 0 Å². The number of nitrogens with zero attached hydrogens (tertiary/aromatic N) is 4. The molecule has 1 N–H and O–H groups in total. The summed E-state index contributed by atoms with van der Waals surface area (Å²) in [7, 11) is 0. The molecule has 0 aromatic carbocycles. The van der Waals surface area contributed by atoms with Crippen LogP contribution in [0.15, 0.2) is 9.70 Å². The highest BCUT2D eigenvalue weighted by Gasteiger charge is 2.34. The molecule has 2 aliphatic rings. The van der Waals surface area contributed by atoms with Gasteiger partial charge in [-0.05, 0) is 51.7 Å². The third-order valence-electron chi connectivity index (χ3n) is 7.97. The highest BCUT2D eigenvalue weighted by Crippen LogP contribution is 2.36. The molecular formula is C32H46N4O5S2. The molecule has 0 radical (unpaired) electrons. The van der Waals surface area contributed by atoms with E-state index >= 15 is 0 Å². The van der Waals surface area contributed by atoms with Crippen molar-refractivity contribution in [3.8, 4) is 6.07 Å². The van der Waals surface area contributed by atoms with E-state index in [0.29, 0.717) is 41.0 Å². The van der Waals surface area contributed by atoms with Crippen molar-refractivity contribution in [3.05, 3.63) is 31.9 Å². The fourth-order valence-corrected chi connectivity index (χ4v) is 7.08. The first-order valence-corrected chi connectivity index (χ1v) is 16.9. The second-order valence-corrected chi connectivity index (χ2v) is 13.3. The van der Waals surface area contributed by atoms with Gasteiger partial charge >= 0.3 is 5.97 Å². The first-order chi connectivity index (χ1) is 20.6. The monoisotopic (exact) mass is 630 g/mol. The summed E-state index contributed by atoms with van der Waals surface area (Å²) in [6.45, 7) is 10.1. The van der Waals surface area contributed by atoms with Crippen LogP contribution in [0.2, 0.25) is 0 Å². The molecule has 2 aliphatic heterocycles. The second-order valence-electron chi connectivity index (χ2n) is 11.6. The van der Waals surface area contributed by atoms with E-state index in [4.69, 9.17) is 22.1 Å². The molecule has 2 saturated heterocycles. The Morgan fingerprint density at radius 2 is 1.65 bits per heavy atom. The third kappa shape index (κ3) is 9.40. The molecule has 2 fully saturated rings. The number of thioether (sulfide) groups is 1. The molecule has 236 valence electrons. The maximum absolute atomic E-state index is 13.6. The van der Waals surface area contributed by atoms with Gasteiger partial charge in [0.2, 0.25) is 0 Å². The van der Waals surface area contributed by atoms with E-state index in [0.717, 1.165) is 75.6 Å². The number of carboxylic acids is 1. The Hall–Kier alpha value is -2.68. The van der Waals surface area contributed by atoms with Crippen molar-refractivity contribution in [1.29, 1.82) is 5.26 Å². The van der Waals surface area contributed by atoms with Crippen molar-refractivity contribution in [2.45, 2.75) is 117 Å². The summed E-state index contributed by atoms with van der Waals surface area (Å²) in [5.41, 5.74) is 1.12. The normalized spacial score (nSPS) is 19.8. The van der Waals surface area contributed by atoms with Gasteiger partial charge in [0, 0.05) is 38.2 Å². The predicted molar refractivity (Wildman–Crippen MR) is 176 cm³/mol. The van der Waals surface area contributed by atoms with Gasteiger partial charge in [-0.15, -0.1) is 0 Å². The summed E-state index contributed by atoms with van der Waals surface area (Å²) in [6, 6.07) is 2.13. The van der Waals surface area contributed by atoms with Crippen LogP contribution in [-0.4, -0.2) is 62.6 Å². The van der Waals surface area contributed by atoms with Crippen molar-refractivity contribution >= 4 is 52.1 Å². The zero-order valence-electron chi connectivity index (χ0n) is 26.0. The Morgan fingerprint density at radius 1 is 1.05 bits per heavy atom. The minimum Gasteiger partial charge on any atom is -0.481 e. The first kappa shape index (κ1) is 34.8. The van der Waals surface area contributed by atoms with Gasteiger partial charge in [0.15, 0.2) is 0 Å². The van der Waals surface area contributed by atoms with Crippen LogP contribution in [-0.2, 0) is 20.9 Å². The van der Waals surface area contributed by atoms with Crippen LogP contribution in [0, 0.1) is 18.3 Å². The number of morpholine rings is 1. The van der Waals surface area contributed by atoms with Crippen LogP contribution < -0.4 is 10.5 Å². The van der Waals surface area contributed by atoms with Crippen molar-refractivity contribution < 1.29 is 19.4 Å². The highest BCUT2D eigenvalue weighted by atomic mass is 32.2. The van der Waals surface area contributed by atoms with E-state index in [1.54, 1.807) is 16.4 Å². The summed E-state index contributed by atoms with van der Waals surface area (Å²) in [4.78, 5) is 42.0. The maximum atomic E-state index is 13.6. The van der Waals surface area contributed by atoms with Gasteiger partial charge in [-0.2, -0.15) is 5.26 Å². The number of ether oxygens (including phenoxy) is 1. The van der Waals surface area contributed by atoms with E-state index in [2.05, 4.69) is 17.9 Å². The number of carbonyl (C=O) groups is 2. The maximum Gasteiger partial charge on any atom is 0.303 e. The molecule has 43 heavy (non-hydrogen) atoms. The lowest BCUT2D eigenvalue weighted by Gasteiger charge is -2.39. The van der Waals surface area contributed by atoms with Crippen LogP contribution in [0.25, 0.3) is 6.08 Å². The topological polar surface area (TPSA) is 116 Å². The summed E-state index contributed by atoms with van der Waals surface area (Å²) < 4.78 is 8.23. The van der Waals surface area contributed by atoms with Gasteiger partial charge < -0.3 is 14.7 Å². The molecule has 2 unspecified atom stereocenters. The number of nitriles is 1. The summed E-state index contributed by atoms with van der Waals surface area (Å²) in [5.74, 6) is -0.122. The lowest BCUT2D eigenvalue weighted by atomic mass is 10.0. The third-order valence-corrected chi connectivity index (χ3v) is 9.35. The average molecular weight is 631 g/mol. The molecule has 0 bridgehead atoms. The number of unbranched alkanes of at least 4 members (excludes halogenated alkanes) is 8. The van der Waals surface area contributed by atoms with Crippen molar-refractivity contribution in [2.24, 2.45) is 0 Å². The van der Waals surface area contributed by atoms with Gasteiger partial charge in [0.05, 0.1) is 17.1 Å². The van der Waals surface area contributed by atoms with E-state index in [-0.39, 0.29) is 35.7 Å². The minimum absolute atomic E-state index is 0.0302. The number of rotatable bonds is 16. The number of hydrogen-bond acceptors (Lipinski definition) is 8. The lowest BCUT2D eigenvalue weighted by Crippen LogP contribution is -2.48. The number of aromatic nitrogens is 1. The molecule has 1 amide bonds. The fraction of sp³-hybridized carbons (Fsp3) is 0.656. The van der Waals surface area contributed by atoms with Gasteiger partial charge in [-0.3, -0.25) is 23.9 Å². The van der Waals surface area contributed by atoms with Crippen molar-refractivity contribution in [2.75, 3.05) is 24.5 Å². The second kappa shape index (κ2) is 17.0. The molecule has 11 heteroatoms. The number of pyridine rings is 1. The molecular weight excluding hydrogens is 585 g/mol. The molecule has 3 heterocycles. The van der Waals surface area contributed by atoms with Crippen LogP contribution >= 0.6 is 24.0 Å². The SMILES string of the molecule is CCCCn1c(N2CC(C)OC(C)C2)c(C=C2SC(=S)N(CCCCCCCCCCC(=O)O)C2=O)c(C)c(C#N)c1=O. The molecule has 1 aromatic heterocycles. The van der Waals surface area contributed by atoms with Gasteiger partial charge in [0.1, 0.15) is 21.8 Å². The Bertz CT molecular complexity index is 1290. The Labute approximate surface area is 265 Å². The molecule has 0 aliphatic carbocycles. The fourth-order valence-electron chi connectivity index (χ4n) is 5.79. The molecule has 0 spiro atoms. The van der Waals surface area contributed by atoms with Crippen LogP contribution in [0.4, 0.5) is 5.82 Å². The Balaban J connectivity index is 1.78. The Morgan fingerprint density at radius 3 is 2.23 bits per heavy atom. The van der Waals surface area contributed by atoms with Crippen molar-refractivity contribution in [3.63, 3.8) is 0 Å². The number of thiocarbonyl (C=S) groups is 1. The van der Waals surface area contributed by atoms with E-state index in [1.807, 2.05) is 19.9 Å². The predicted octanol–water partition coefficient (Wildman–Crippen LogP) is 6.24. The van der Waals surface area contributed by atoms with Crippen LogP contribution in [0.1, 0.15) is 108 Å². The summed E-state index contributed by atoms with van der Waals surface area (Å²) in [5, 5.41) is 18.7. The number of carboxylic acid groups (broad SMARTS) is 1. The van der Waals surface area contributed by atoms with E-state index < -0.39 is 5.97 Å². The quantitative estimate of drug-likeness (QED) is 0.129. The lowest BCUT2D eigenvalue weighted by molar-refractivity contribution is -0.137. The average Bonchev–Trinajstić information content (AvgIpc) is 3.21. The molecule has 2 atom stereocenters.